The zero-order valence-corrected chi connectivity index (χ0v) is 11.9. The van der Waals surface area contributed by atoms with Crippen LogP contribution in [0.1, 0.15) is 28.4 Å². The Balaban J connectivity index is 2.20. The van der Waals surface area contributed by atoms with E-state index in [9.17, 15) is 4.79 Å². The van der Waals surface area contributed by atoms with Crippen molar-refractivity contribution in [1.82, 2.24) is 0 Å². The molecule has 2 rings (SSSR count). The molecule has 4 heteroatoms. The molecule has 0 aliphatic heterocycles. The number of carbonyl (C=O) groups is 1. The quantitative estimate of drug-likeness (QED) is 0.904. The maximum Gasteiger partial charge on any atom is 0.335 e. The van der Waals surface area contributed by atoms with Gasteiger partial charge in [0, 0.05) is 5.02 Å². The van der Waals surface area contributed by atoms with Gasteiger partial charge in [-0.1, -0.05) is 23.7 Å². The summed E-state index contributed by atoms with van der Waals surface area (Å²) in [7, 11) is 0. The highest BCUT2D eigenvalue weighted by Gasteiger charge is 2.08. The Morgan fingerprint density at radius 3 is 2.50 bits per heavy atom. The number of aromatic carboxylic acids is 1. The highest BCUT2D eigenvalue weighted by atomic mass is 35.5. The van der Waals surface area contributed by atoms with Crippen LogP contribution in [-0.4, -0.2) is 17.7 Å². The molecular weight excluding hydrogens is 276 g/mol. The number of hydrogen-bond donors (Lipinski definition) is 1. The van der Waals surface area contributed by atoms with E-state index in [1.165, 1.54) is 6.07 Å². The Labute approximate surface area is 122 Å². The Kier molecular flexibility index (Phi) is 4.64. The van der Waals surface area contributed by atoms with Crippen LogP contribution in [0.3, 0.4) is 0 Å². The molecule has 0 atom stereocenters. The minimum atomic E-state index is -0.949. The van der Waals surface area contributed by atoms with Gasteiger partial charge in [0.1, 0.15) is 5.75 Å². The minimum absolute atomic E-state index is 0.246. The average Bonchev–Trinajstić information content (AvgIpc) is 2.43. The number of ether oxygens (including phenoxy) is 1. The molecule has 2 aromatic carbocycles. The van der Waals surface area contributed by atoms with E-state index in [1.54, 1.807) is 12.1 Å². The van der Waals surface area contributed by atoms with Gasteiger partial charge >= 0.3 is 5.97 Å². The summed E-state index contributed by atoms with van der Waals surface area (Å²) in [6.45, 7) is 2.57. The Bertz CT molecular complexity index is 606. The minimum Gasteiger partial charge on any atom is -0.494 e. The highest BCUT2D eigenvalue weighted by Crippen LogP contribution is 2.22. The largest absolute Gasteiger partial charge is 0.494 e. The molecule has 20 heavy (non-hydrogen) atoms. The third-order valence-electron chi connectivity index (χ3n) is 2.92. The van der Waals surface area contributed by atoms with Gasteiger partial charge < -0.3 is 9.84 Å². The number of hydrogen-bond acceptors (Lipinski definition) is 2. The molecule has 0 saturated carbocycles. The fourth-order valence-electron chi connectivity index (χ4n) is 1.93. The summed E-state index contributed by atoms with van der Waals surface area (Å²) in [5.41, 5.74) is 2.10. The SMILES string of the molecule is CCOc1ccc(Cc2cc(C(=O)O)ccc2Cl)cc1. The van der Waals surface area contributed by atoms with Crippen molar-refractivity contribution in [3.8, 4) is 5.75 Å². The number of halogens is 1. The predicted octanol–water partition coefficient (Wildman–Crippen LogP) is 4.03. The smallest absolute Gasteiger partial charge is 0.335 e. The average molecular weight is 291 g/mol. The first-order valence-electron chi connectivity index (χ1n) is 6.33. The van der Waals surface area contributed by atoms with Crippen LogP contribution in [0.5, 0.6) is 5.75 Å². The lowest BCUT2D eigenvalue weighted by Crippen LogP contribution is -1.99. The maximum atomic E-state index is 11.0. The molecule has 0 bridgehead atoms. The van der Waals surface area contributed by atoms with Crippen molar-refractivity contribution >= 4 is 17.6 Å². The van der Waals surface area contributed by atoms with Crippen LogP contribution in [0, 0.1) is 0 Å². The van der Waals surface area contributed by atoms with Crippen molar-refractivity contribution in [2.45, 2.75) is 13.3 Å². The number of rotatable bonds is 5. The molecule has 0 saturated heterocycles. The van der Waals surface area contributed by atoms with Crippen LogP contribution in [0.15, 0.2) is 42.5 Å². The summed E-state index contributed by atoms with van der Waals surface area (Å²) in [4.78, 5) is 11.0. The number of benzene rings is 2. The van der Waals surface area contributed by atoms with E-state index in [4.69, 9.17) is 21.4 Å². The molecule has 0 aliphatic carbocycles. The van der Waals surface area contributed by atoms with E-state index in [-0.39, 0.29) is 5.56 Å². The molecule has 0 fully saturated rings. The number of carboxylic acid groups (broad SMARTS) is 1. The molecule has 0 unspecified atom stereocenters. The Morgan fingerprint density at radius 2 is 1.90 bits per heavy atom. The van der Waals surface area contributed by atoms with E-state index in [0.29, 0.717) is 18.1 Å². The fourth-order valence-corrected chi connectivity index (χ4v) is 2.12. The number of carboxylic acids is 1. The first-order chi connectivity index (χ1) is 9.60. The van der Waals surface area contributed by atoms with E-state index in [2.05, 4.69) is 0 Å². The normalized spacial score (nSPS) is 10.3. The van der Waals surface area contributed by atoms with Gasteiger partial charge in [0.05, 0.1) is 12.2 Å². The van der Waals surface area contributed by atoms with Crippen molar-refractivity contribution < 1.29 is 14.6 Å². The van der Waals surface area contributed by atoms with Crippen molar-refractivity contribution in [3.05, 3.63) is 64.2 Å². The summed E-state index contributed by atoms with van der Waals surface area (Å²) in [5.74, 6) is -0.128. The molecular formula is C16H15ClO3. The van der Waals surface area contributed by atoms with Crippen molar-refractivity contribution in [2.75, 3.05) is 6.61 Å². The molecule has 0 aliphatic rings. The standard InChI is InChI=1S/C16H15ClO3/c1-2-20-14-6-3-11(4-7-14)9-13-10-12(16(18)19)5-8-15(13)17/h3-8,10H,2,9H2,1H3,(H,18,19). The molecule has 0 radical (unpaired) electrons. The van der Waals surface area contributed by atoms with Crippen LogP contribution in [0.2, 0.25) is 5.02 Å². The zero-order chi connectivity index (χ0) is 14.5. The molecule has 3 nitrogen and oxygen atoms in total. The van der Waals surface area contributed by atoms with Crippen LogP contribution in [-0.2, 0) is 6.42 Å². The topological polar surface area (TPSA) is 46.5 Å². The van der Waals surface area contributed by atoms with Gasteiger partial charge in [-0.15, -0.1) is 0 Å². The lowest BCUT2D eigenvalue weighted by Gasteiger charge is -2.07. The summed E-state index contributed by atoms with van der Waals surface area (Å²) < 4.78 is 5.38. The predicted molar refractivity (Wildman–Crippen MR) is 78.8 cm³/mol. The second-order valence-electron chi connectivity index (χ2n) is 4.37. The second kappa shape index (κ2) is 6.44. The molecule has 104 valence electrons. The third kappa shape index (κ3) is 3.52. The van der Waals surface area contributed by atoms with E-state index in [1.807, 2.05) is 31.2 Å². The van der Waals surface area contributed by atoms with Gasteiger partial charge in [0.25, 0.3) is 0 Å². The van der Waals surface area contributed by atoms with Gasteiger partial charge in [-0.05, 0) is 54.8 Å². The third-order valence-corrected chi connectivity index (χ3v) is 3.29. The highest BCUT2D eigenvalue weighted by molar-refractivity contribution is 6.31. The molecule has 2 aromatic rings. The lowest BCUT2D eigenvalue weighted by atomic mass is 10.0. The van der Waals surface area contributed by atoms with Gasteiger partial charge in [0.15, 0.2) is 0 Å². The van der Waals surface area contributed by atoms with E-state index < -0.39 is 5.97 Å². The molecule has 0 spiro atoms. The van der Waals surface area contributed by atoms with Crippen LogP contribution in [0.4, 0.5) is 0 Å². The summed E-state index contributed by atoms with van der Waals surface area (Å²) in [6, 6.07) is 12.4. The van der Waals surface area contributed by atoms with Crippen LogP contribution < -0.4 is 4.74 Å². The monoisotopic (exact) mass is 290 g/mol. The maximum absolute atomic E-state index is 11.0. The van der Waals surface area contributed by atoms with Gasteiger partial charge in [-0.3, -0.25) is 0 Å². The van der Waals surface area contributed by atoms with Gasteiger partial charge in [-0.25, -0.2) is 4.79 Å². The van der Waals surface area contributed by atoms with Gasteiger partial charge in [-0.2, -0.15) is 0 Å². The zero-order valence-electron chi connectivity index (χ0n) is 11.1. The van der Waals surface area contributed by atoms with E-state index >= 15 is 0 Å². The first-order valence-corrected chi connectivity index (χ1v) is 6.71. The van der Waals surface area contributed by atoms with Crippen LogP contribution >= 0.6 is 11.6 Å². The Hall–Kier alpha value is -2.00. The second-order valence-corrected chi connectivity index (χ2v) is 4.77. The Morgan fingerprint density at radius 1 is 1.20 bits per heavy atom. The molecule has 0 aromatic heterocycles. The van der Waals surface area contributed by atoms with Crippen LogP contribution in [0.25, 0.3) is 0 Å². The van der Waals surface area contributed by atoms with Crippen molar-refractivity contribution in [3.63, 3.8) is 0 Å². The molecule has 0 amide bonds. The van der Waals surface area contributed by atoms with E-state index in [0.717, 1.165) is 16.9 Å². The summed E-state index contributed by atoms with van der Waals surface area (Å²) >= 11 is 6.11. The molecule has 1 N–H and O–H groups in total. The fraction of sp³-hybridized carbons (Fsp3) is 0.188. The van der Waals surface area contributed by atoms with Gasteiger partial charge in [0.2, 0.25) is 0 Å². The van der Waals surface area contributed by atoms with Crippen molar-refractivity contribution in [2.24, 2.45) is 0 Å². The van der Waals surface area contributed by atoms with Crippen molar-refractivity contribution in [1.29, 1.82) is 0 Å². The summed E-state index contributed by atoms with van der Waals surface area (Å²) in [6.07, 6.45) is 0.590. The lowest BCUT2D eigenvalue weighted by molar-refractivity contribution is 0.0697. The first kappa shape index (κ1) is 14.4. The molecule has 0 heterocycles. The summed E-state index contributed by atoms with van der Waals surface area (Å²) in [5, 5.41) is 9.58.